The van der Waals surface area contributed by atoms with Crippen LogP contribution in [0, 0.1) is 6.92 Å². The Bertz CT molecular complexity index is 567. The number of amides is 1. The van der Waals surface area contributed by atoms with Crippen molar-refractivity contribution in [3.05, 3.63) is 53.9 Å². The summed E-state index contributed by atoms with van der Waals surface area (Å²) in [7, 11) is 1.57. The quantitative estimate of drug-likeness (QED) is 0.900. The molecular formula is C14H14N2O2. The second-order valence-corrected chi connectivity index (χ2v) is 3.85. The molecule has 0 aliphatic rings. The molecule has 0 radical (unpaired) electrons. The summed E-state index contributed by atoms with van der Waals surface area (Å²) in [5, 5.41) is 2.81. The van der Waals surface area contributed by atoms with Gasteiger partial charge in [-0.1, -0.05) is 12.1 Å². The maximum absolute atomic E-state index is 12.1. The molecule has 0 atom stereocenters. The molecule has 4 heteroatoms. The number of anilines is 1. The van der Waals surface area contributed by atoms with E-state index in [1.165, 1.54) is 0 Å². The van der Waals surface area contributed by atoms with Gasteiger partial charge < -0.3 is 10.1 Å². The first-order valence-electron chi connectivity index (χ1n) is 5.57. The van der Waals surface area contributed by atoms with Gasteiger partial charge in [-0.3, -0.25) is 9.78 Å². The highest BCUT2D eigenvalue weighted by molar-refractivity contribution is 6.05. The number of nitrogens with zero attached hydrogens (tertiary/aromatic N) is 1. The average molecular weight is 242 g/mol. The number of aromatic nitrogens is 1. The Balaban J connectivity index is 2.24. The maximum Gasteiger partial charge on any atom is 0.257 e. The first kappa shape index (κ1) is 12.1. The van der Waals surface area contributed by atoms with Crippen molar-refractivity contribution >= 4 is 11.6 Å². The fraction of sp³-hybridized carbons (Fsp3) is 0.143. The van der Waals surface area contributed by atoms with Crippen molar-refractivity contribution in [1.29, 1.82) is 0 Å². The number of carbonyl (C=O) groups excluding carboxylic acids is 1. The predicted molar refractivity (Wildman–Crippen MR) is 69.9 cm³/mol. The number of pyridine rings is 1. The van der Waals surface area contributed by atoms with E-state index in [2.05, 4.69) is 10.3 Å². The van der Waals surface area contributed by atoms with Gasteiger partial charge in [0.2, 0.25) is 0 Å². The molecule has 4 nitrogen and oxygen atoms in total. The molecule has 2 aromatic rings. The average Bonchev–Trinajstić information content (AvgIpc) is 2.39. The van der Waals surface area contributed by atoms with Crippen LogP contribution in [-0.4, -0.2) is 18.0 Å². The molecule has 0 bridgehead atoms. The van der Waals surface area contributed by atoms with Crippen LogP contribution in [0.1, 0.15) is 15.9 Å². The molecule has 0 fully saturated rings. The van der Waals surface area contributed by atoms with Crippen LogP contribution in [0.15, 0.2) is 42.7 Å². The van der Waals surface area contributed by atoms with Gasteiger partial charge in [-0.15, -0.1) is 0 Å². The van der Waals surface area contributed by atoms with Crippen molar-refractivity contribution in [3.8, 4) is 5.75 Å². The monoisotopic (exact) mass is 242 g/mol. The number of benzene rings is 1. The summed E-state index contributed by atoms with van der Waals surface area (Å²) in [5.41, 5.74) is 2.09. The summed E-state index contributed by atoms with van der Waals surface area (Å²) in [5.74, 6) is 0.442. The van der Waals surface area contributed by atoms with Gasteiger partial charge in [0.1, 0.15) is 5.75 Å². The minimum atomic E-state index is -0.190. The highest BCUT2D eigenvalue weighted by Gasteiger charge is 2.11. The molecule has 2 rings (SSSR count). The third kappa shape index (κ3) is 2.48. The molecule has 1 aromatic heterocycles. The summed E-state index contributed by atoms with van der Waals surface area (Å²) < 4.78 is 5.18. The van der Waals surface area contributed by atoms with Crippen LogP contribution in [0.5, 0.6) is 5.75 Å². The van der Waals surface area contributed by atoms with Gasteiger partial charge in [-0.05, 0) is 30.7 Å². The number of rotatable bonds is 3. The van der Waals surface area contributed by atoms with Gasteiger partial charge in [0.15, 0.2) is 0 Å². The lowest BCUT2D eigenvalue weighted by molar-refractivity contribution is 0.102. The van der Waals surface area contributed by atoms with Gasteiger partial charge in [0.25, 0.3) is 5.91 Å². The molecule has 0 saturated carbocycles. The van der Waals surface area contributed by atoms with Crippen molar-refractivity contribution in [1.82, 2.24) is 4.98 Å². The number of hydrogen-bond donors (Lipinski definition) is 1. The zero-order chi connectivity index (χ0) is 13.0. The number of hydrogen-bond acceptors (Lipinski definition) is 3. The molecule has 92 valence electrons. The minimum Gasteiger partial charge on any atom is -0.495 e. The molecule has 1 heterocycles. The number of para-hydroxylation sites is 2. The van der Waals surface area contributed by atoms with Gasteiger partial charge in [-0.2, -0.15) is 0 Å². The highest BCUT2D eigenvalue weighted by Crippen LogP contribution is 2.23. The van der Waals surface area contributed by atoms with E-state index in [0.717, 1.165) is 5.56 Å². The van der Waals surface area contributed by atoms with E-state index in [4.69, 9.17) is 4.74 Å². The number of methoxy groups -OCH3 is 1. The van der Waals surface area contributed by atoms with Gasteiger partial charge >= 0.3 is 0 Å². The molecule has 0 saturated heterocycles. The summed E-state index contributed by atoms with van der Waals surface area (Å²) in [4.78, 5) is 16.1. The van der Waals surface area contributed by atoms with E-state index in [0.29, 0.717) is 17.0 Å². The van der Waals surface area contributed by atoms with E-state index >= 15 is 0 Å². The minimum absolute atomic E-state index is 0.190. The van der Waals surface area contributed by atoms with Crippen molar-refractivity contribution in [2.75, 3.05) is 12.4 Å². The Kier molecular flexibility index (Phi) is 3.57. The highest BCUT2D eigenvalue weighted by atomic mass is 16.5. The van der Waals surface area contributed by atoms with Crippen LogP contribution >= 0.6 is 0 Å². The molecule has 0 unspecified atom stereocenters. The number of nitrogens with one attached hydrogen (secondary N) is 1. The Morgan fingerprint density at radius 2 is 2.06 bits per heavy atom. The molecule has 0 spiro atoms. The van der Waals surface area contributed by atoms with Gasteiger partial charge in [0.05, 0.1) is 18.4 Å². The zero-order valence-electron chi connectivity index (χ0n) is 10.3. The fourth-order valence-electron chi connectivity index (χ4n) is 1.64. The SMILES string of the molecule is COc1ccccc1NC(=O)c1cnccc1C. The molecule has 1 amide bonds. The summed E-state index contributed by atoms with van der Waals surface area (Å²) >= 11 is 0. The lowest BCUT2D eigenvalue weighted by atomic mass is 10.1. The lowest BCUT2D eigenvalue weighted by Gasteiger charge is -2.10. The van der Waals surface area contributed by atoms with E-state index in [-0.39, 0.29) is 5.91 Å². The molecule has 0 aliphatic carbocycles. The summed E-state index contributed by atoms with van der Waals surface area (Å²) in [6.45, 7) is 1.87. The zero-order valence-corrected chi connectivity index (χ0v) is 10.3. The summed E-state index contributed by atoms with van der Waals surface area (Å²) in [6.07, 6.45) is 3.22. The van der Waals surface area contributed by atoms with Gasteiger partial charge in [0, 0.05) is 12.4 Å². The normalized spacial score (nSPS) is 9.89. The summed E-state index contributed by atoms with van der Waals surface area (Å²) in [6, 6.07) is 9.09. The Hall–Kier alpha value is -2.36. The number of carbonyl (C=O) groups is 1. The van der Waals surface area contributed by atoms with E-state index in [1.807, 2.05) is 19.1 Å². The second kappa shape index (κ2) is 5.31. The standard InChI is InChI=1S/C14H14N2O2/c1-10-7-8-15-9-11(10)14(17)16-12-5-3-4-6-13(12)18-2/h3-9H,1-2H3,(H,16,17). The topological polar surface area (TPSA) is 51.2 Å². The van der Waals surface area contributed by atoms with Crippen LogP contribution in [0.25, 0.3) is 0 Å². The first-order chi connectivity index (χ1) is 8.72. The smallest absolute Gasteiger partial charge is 0.257 e. The predicted octanol–water partition coefficient (Wildman–Crippen LogP) is 2.65. The van der Waals surface area contributed by atoms with Crippen molar-refractivity contribution in [2.24, 2.45) is 0 Å². The number of aryl methyl sites for hydroxylation is 1. The third-order valence-corrected chi connectivity index (χ3v) is 2.64. The molecule has 0 aliphatic heterocycles. The van der Waals surface area contributed by atoms with E-state index in [9.17, 15) is 4.79 Å². The van der Waals surface area contributed by atoms with Crippen LogP contribution in [-0.2, 0) is 0 Å². The van der Waals surface area contributed by atoms with Crippen LogP contribution < -0.4 is 10.1 Å². The molecule has 1 N–H and O–H groups in total. The van der Waals surface area contributed by atoms with Crippen LogP contribution in [0.3, 0.4) is 0 Å². The maximum atomic E-state index is 12.1. The fourth-order valence-corrected chi connectivity index (χ4v) is 1.64. The first-order valence-corrected chi connectivity index (χ1v) is 5.57. The van der Waals surface area contributed by atoms with E-state index in [1.54, 1.807) is 37.7 Å². The molecule has 1 aromatic carbocycles. The van der Waals surface area contributed by atoms with Crippen LogP contribution in [0.2, 0.25) is 0 Å². The Labute approximate surface area is 106 Å². The Morgan fingerprint density at radius 1 is 1.28 bits per heavy atom. The van der Waals surface area contributed by atoms with Crippen LogP contribution in [0.4, 0.5) is 5.69 Å². The van der Waals surface area contributed by atoms with Crippen molar-refractivity contribution in [2.45, 2.75) is 6.92 Å². The van der Waals surface area contributed by atoms with E-state index < -0.39 is 0 Å². The lowest BCUT2D eigenvalue weighted by Crippen LogP contribution is -2.14. The largest absolute Gasteiger partial charge is 0.495 e. The number of ether oxygens (including phenoxy) is 1. The molecule has 18 heavy (non-hydrogen) atoms. The third-order valence-electron chi connectivity index (χ3n) is 2.64. The second-order valence-electron chi connectivity index (χ2n) is 3.85. The Morgan fingerprint density at radius 3 is 2.78 bits per heavy atom. The van der Waals surface area contributed by atoms with Crippen molar-refractivity contribution < 1.29 is 9.53 Å². The molecular weight excluding hydrogens is 228 g/mol. The van der Waals surface area contributed by atoms with Crippen molar-refractivity contribution in [3.63, 3.8) is 0 Å². The van der Waals surface area contributed by atoms with Gasteiger partial charge in [-0.25, -0.2) is 0 Å².